The first kappa shape index (κ1) is 14.0. The fraction of sp³-hybridized carbons (Fsp3) is 0.600. The molecule has 0 radical (unpaired) electrons. The van der Waals surface area contributed by atoms with Crippen molar-refractivity contribution in [1.29, 1.82) is 0 Å². The lowest BCUT2D eigenvalue weighted by Crippen LogP contribution is -2.15. The van der Waals surface area contributed by atoms with Crippen LogP contribution >= 0.6 is 0 Å². The summed E-state index contributed by atoms with van der Waals surface area (Å²) in [7, 11) is 0. The molecule has 96 valence electrons. The van der Waals surface area contributed by atoms with E-state index in [1.807, 2.05) is 0 Å². The quantitative estimate of drug-likeness (QED) is 0.819. The summed E-state index contributed by atoms with van der Waals surface area (Å²) in [6, 6.07) is 8.73. The van der Waals surface area contributed by atoms with Crippen molar-refractivity contribution in [3.05, 3.63) is 29.8 Å². The van der Waals surface area contributed by atoms with Gasteiger partial charge in [0.15, 0.2) is 0 Å². The van der Waals surface area contributed by atoms with Crippen molar-refractivity contribution < 1.29 is 0 Å². The monoisotopic (exact) mass is 234 g/mol. The number of benzene rings is 1. The third kappa shape index (κ3) is 4.78. The molecule has 0 saturated carbocycles. The summed E-state index contributed by atoms with van der Waals surface area (Å²) in [4.78, 5) is 0. The van der Waals surface area contributed by atoms with Crippen LogP contribution in [-0.4, -0.2) is 13.1 Å². The highest BCUT2D eigenvalue weighted by Gasteiger charge is 2.12. The van der Waals surface area contributed by atoms with E-state index in [0.29, 0.717) is 5.92 Å². The average molecular weight is 234 g/mol. The van der Waals surface area contributed by atoms with Gasteiger partial charge in [-0.15, -0.1) is 0 Å². The SMILES string of the molecule is CC(CCN)CNc1ccc(C(C)(C)C)cc1. The second-order valence-electron chi connectivity index (χ2n) is 5.89. The zero-order chi connectivity index (χ0) is 12.9. The Morgan fingerprint density at radius 2 is 1.76 bits per heavy atom. The van der Waals surface area contributed by atoms with Gasteiger partial charge in [0.05, 0.1) is 0 Å². The fourth-order valence-electron chi connectivity index (χ4n) is 1.77. The molecule has 1 rings (SSSR count). The van der Waals surface area contributed by atoms with Crippen LogP contribution in [-0.2, 0) is 5.41 Å². The third-order valence-corrected chi connectivity index (χ3v) is 3.07. The van der Waals surface area contributed by atoms with Gasteiger partial charge in [-0.05, 0) is 42.0 Å². The summed E-state index contributed by atoms with van der Waals surface area (Å²) in [6.07, 6.45) is 1.08. The zero-order valence-corrected chi connectivity index (χ0v) is 11.6. The van der Waals surface area contributed by atoms with Crippen LogP contribution in [0.5, 0.6) is 0 Å². The van der Waals surface area contributed by atoms with Crippen LogP contribution in [0.4, 0.5) is 5.69 Å². The first-order chi connectivity index (χ1) is 7.93. The van der Waals surface area contributed by atoms with Gasteiger partial charge in [0, 0.05) is 12.2 Å². The maximum absolute atomic E-state index is 5.54. The molecule has 0 aliphatic rings. The predicted molar refractivity (Wildman–Crippen MR) is 76.5 cm³/mol. The van der Waals surface area contributed by atoms with Crippen molar-refractivity contribution in [3.8, 4) is 0 Å². The summed E-state index contributed by atoms with van der Waals surface area (Å²) >= 11 is 0. The van der Waals surface area contributed by atoms with E-state index < -0.39 is 0 Å². The van der Waals surface area contributed by atoms with Gasteiger partial charge in [-0.2, -0.15) is 0 Å². The standard InChI is InChI=1S/C15H26N2/c1-12(9-10-16)11-17-14-7-5-13(6-8-14)15(2,3)4/h5-8,12,17H,9-11,16H2,1-4H3. The van der Waals surface area contributed by atoms with Gasteiger partial charge >= 0.3 is 0 Å². The minimum Gasteiger partial charge on any atom is -0.385 e. The van der Waals surface area contributed by atoms with Crippen molar-refractivity contribution in [2.45, 2.75) is 39.5 Å². The number of nitrogens with two attached hydrogens (primary N) is 1. The average Bonchev–Trinajstić information content (AvgIpc) is 2.26. The van der Waals surface area contributed by atoms with Crippen molar-refractivity contribution in [3.63, 3.8) is 0 Å². The van der Waals surface area contributed by atoms with Crippen molar-refractivity contribution in [2.75, 3.05) is 18.4 Å². The van der Waals surface area contributed by atoms with Crippen LogP contribution in [0.15, 0.2) is 24.3 Å². The number of rotatable bonds is 5. The highest BCUT2D eigenvalue weighted by molar-refractivity contribution is 5.45. The van der Waals surface area contributed by atoms with E-state index in [2.05, 4.69) is 57.3 Å². The summed E-state index contributed by atoms with van der Waals surface area (Å²) in [6.45, 7) is 10.7. The molecule has 1 atom stereocenters. The molecule has 0 amide bonds. The van der Waals surface area contributed by atoms with E-state index in [1.54, 1.807) is 0 Å². The van der Waals surface area contributed by atoms with Gasteiger partial charge in [0.1, 0.15) is 0 Å². The molecule has 17 heavy (non-hydrogen) atoms. The molecule has 1 unspecified atom stereocenters. The minimum absolute atomic E-state index is 0.228. The van der Waals surface area contributed by atoms with Crippen LogP contribution in [0.2, 0.25) is 0 Å². The van der Waals surface area contributed by atoms with Crippen molar-refractivity contribution >= 4 is 5.69 Å². The largest absolute Gasteiger partial charge is 0.385 e. The van der Waals surface area contributed by atoms with E-state index in [4.69, 9.17) is 5.73 Å². The van der Waals surface area contributed by atoms with Gasteiger partial charge in [-0.3, -0.25) is 0 Å². The highest BCUT2D eigenvalue weighted by Crippen LogP contribution is 2.23. The Hall–Kier alpha value is -1.02. The Morgan fingerprint density at radius 3 is 2.24 bits per heavy atom. The summed E-state index contributed by atoms with van der Waals surface area (Å²) in [5, 5.41) is 3.45. The smallest absolute Gasteiger partial charge is 0.0340 e. The Morgan fingerprint density at radius 1 is 1.18 bits per heavy atom. The van der Waals surface area contributed by atoms with Crippen LogP contribution in [0.3, 0.4) is 0 Å². The Labute approximate surface area is 106 Å². The Kier molecular flexibility index (Phi) is 5.01. The lowest BCUT2D eigenvalue weighted by atomic mass is 9.87. The predicted octanol–water partition coefficient (Wildman–Crippen LogP) is 3.38. The van der Waals surface area contributed by atoms with Crippen LogP contribution in [0, 0.1) is 5.92 Å². The second kappa shape index (κ2) is 6.06. The van der Waals surface area contributed by atoms with Crippen LogP contribution < -0.4 is 11.1 Å². The molecule has 0 bridgehead atoms. The van der Waals surface area contributed by atoms with Crippen molar-refractivity contribution in [1.82, 2.24) is 0 Å². The molecule has 0 saturated heterocycles. The normalized spacial score (nSPS) is 13.5. The second-order valence-corrected chi connectivity index (χ2v) is 5.89. The van der Waals surface area contributed by atoms with Crippen LogP contribution in [0.25, 0.3) is 0 Å². The van der Waals surface area contributed by atoms with Gasteiger partial charge < -0.3 is 11.1 Å². The first-order valence-electron chi connectivity index (χ1n) is 6.48. The van der Waals surface area contributed by atoms with E-state index in [9.17, 15) is 0 Å². The van der Waals surface area contributed by atoms with Crippen molar-refractivity contribution in [2.24, 2.45) is 11.7 Å². The number of anilines is 1. The molecule has 1 aromatic carbocycles. The van der Waals surface area contributed by atoms with Gasteiger partial charge in [0.2, 0.25) is 0 Å². The summed E-state index contributed by atoms with van der Waals surface area (Å²) in [5.41, 5.74) is 8.34. The maximum Gasteiger partial charge on any atom is 0.0340 e. The lowest BCUT2D eigenvalue weighted by molar-refractivity contribution is 0.568. The molecule has 0 spiro atoms. The molecule has 2 heteroatoms. The van der Waals surface area contributed by atoms with E-state index in [0.717, 1.165) is 19.5 Å². The molecular weight excluding hydrogens is 208 g/mol. The number of hydrogen-bond donors (Lipinski definition) is 2. The third-order valence-electron chi connectivity index (χ3n) is 3.07. The molecule has 0 aliphatic heterocycles. The van der Waals surface area contributed by atoms with Crippen LogP contribution in [0.1, 0.15) is 39.7 Å². The first-order valence-corrected chi connectivity index (χ1v) is 6.48. The van der Waals surface area contributed by atoms with E-state index in [-0.39, 0.29) is 5.41 Å². The van der Waals surface area contributed by atoms with E-state index >= 15 is 0 Å². The van der Waals surface area contributed by atoms with Gasteiger partial charge in [0.25, 0.3) is 0 Å². The van der Waals surface area contributed by atoms with E-state index in [1.165, 1.54) is 11.3 Å². The molecule has 0 aromatic heterocycles. The Bertz CT molecular complexity index is 322. The summed E-state index contributed by atoms with van der Waals surface area (Å²) in [5.74, 6) is 0.627. The molecule has 3 N–H and O–H groups in total. The zero-order valence-electron chi connectivity index (χ0n) is 11.6. The van der Waals surface area contributed by atoms with Gasteiger partial charge in [-0.25, -0.2) is 0 Å². The topological polar surface area (TPSA) is 38.0 Å². The molecule has 1 aromatic rings. The molecule has 0 heterocycles. The minimum atomic E-state index is 0.228. The number of nitrogens with one attached hydrogen (secondary N) is 1. The van der Waals surface area contributed by atoms with Gasteiger partial charge in [-0.1, -0.05) is 39.8 Å². The summed E-state index contributed by atoms with van der Waals surface area (Å²) < 4.78 is 0. The Balaban J connectivity index is 2.51. The molecule has 0 aliphatic carbocycles. The lowest BCUT2D eigenvalue weighted by Gasteiger charge is -2.19. The maximum atomic E-state index is 5.54. The molecule has 2 nitrogen and oxygen atoms in total. The molecule has 0 fully saturated rings. The number of hydrogen-bond acceptors (Lipinski definition) is 2. The molecular formula is C15H26N2. The highest BCUT2D eigenvalue weighted by atomic mass is 14.9. The fourth-order valence-corrected chi connectivity index (χ4v) is 1.77.